The monoisotopic (exact) mass is 239 g/mol. The fourth-order valence-electron chi connectivity index (χ4n) is 2.58. The lowest BCUT2D eigenvalue weighted by Crippen LogP contribution is -2.18. The standard InChI is InChI=1S/C15H17N3/c16-9-7-13-5-3-10-17-15(13)18-11-8-12-4-1-2-6-14(12)18/h1-6,10H,7-9,11,16H2. The SMILES string of the molecule is NCCc1cccnc1N1CCc2ccccc21. The number of para-hydroxylation sites is 1. The molecule has 3 rings (SSSR count). The Morgan fingerprint density at radius 1 is 1.17 bits per heavy atom. The second-order valence-corrected chi connectivity index (χ2v) is 4.56. The van der Waals surface area contributed by atoms with Crippen LogP contribution in [0.3, 0.4) is 0 Å². The molecule has 1 aromatic heterocycles. The lowest BCUT2D eigenvalue weighted by molar-refractivity contribution is 0.917. The molecule has 0 spiro atoms. The van der Waals surface area contributed by atoms with E-state index in [-0.39, 0.29) is 0 Å². The summed E-state index contributed by atoms with van der Waals surface area (Å²) in [5, 5.41) is 0. The molecular formula is C15H17N3. The number of anilines is 2. The maximum Gasteiger partial charge on any atom is 0.136 e. The number of fused-ring (bicyclic) bond motifs is 1. The third-order valence-corrected chi connectivity index (χ3v) is 3.42. The van der Waals surface area contributed by atoms with E-state index in [9.17, 15) is 0 Å². The molecule has 0 amide bonds. The molecule has 2 N–H and O–H groups in total. The fourth-order valence-corrected chi connectivity index (χ4v) is 2.58. The minimum atomic E-state index is 0.661. The van der Waals surface area contributed by atoms with Crippen LogP contribution >= 0.6 is 0 Å². The van der Waals surface area contributed by atoms with Gasteiger partial charge in [-0.15, -0.1) is 0 Å². The van der Waals surface area contributed by atoms with Crippen molar-refractivity contribution < 1.29 is 0 Å². The predicted molar refractivity (Wildman–Crippen MR) is 74.1 cm³/mol. The maximum atomic E-state index is 5.68. The summed E-state index contributed by atoms with van der Waals surface area (Å²) in [5.41, 5.74) is 9.60. The molecule has 0 aliphatic carbocycles. The largest absolute Gasteiger partial charge is 0.330 e. The van der Waals surface area contributed by atoms with Crippen molar-refractivity contribution in [1.82, 2.24) is 4.98 Å². The van der Waals surface area contributed by atoms with Crippen LogP contribution in [0.2, 0.25) is 0 Å². The molecule has 1 aliphatic rings. The Hall–Kier alpha value is -1.87. The van der Waals surface area contributed by atoms with Gasteiger partial charge in [0, 0.05) is 18.4 Å². The molecule has 0 radical (unpaired) electrons. The zero-order valence-corrected chi connectivity index (χ0v) is 10.3. The number of pyridine rings is 1. The lowest BCUT2D eigenvalue weighted by Gasteiger charge is -2.21. The molecule has 18 heavy (non-hydrogen) atoms. The third kappa shape index (κ3) is 1.87. The summed E-state index contributed by atoms with van der Waals surface area (Å²) in [6.07, 6.45) is 3.83. The van der Waals surface area contributed by atoms with Gasteiger partial charge in [0.2, 0.25) is 0 Å². The Morgan fingerprint density at radius 2 is 2.06 bits per heavy atom. The van der Waals surface area contributed by atoms with Crippen LogP contribution in [0, 0.1) is 0 Å². The summed E-state index contributed by atoms with van der Waals surface area (Å²) >= 11 is 0. The molecular weight excluding hydrogens is 222 g/mol. The van der Waals surface area contributed by atoms with Crippen LogP contribution in [0.1, 0.15) is 11.1 Å². The number of benzene rings is 1. The van der Waals surface area contributed by atoms with Crippen LogP contribution in [0.15, 0.2) is 42.6 Å². The average molecular weight is 239 g/mol. The Balaban J connectivity index is 2.02. The quantitative estimate of drug-likeness (QED) is 0.893. The smallest absolute Gasteiger partial charge is 0.136 e. The first-order valence-corrected chi connectivity index (χ1v) is 6.39. The van der Waals surface area contributed by atoms with Gasteiger partial charge in [-0.25, -0.2) is 4.98 Å². The number of hydrogen-bond donors (Lipinski definition) is 1. The zero-order valence-electron chi connectivity index (χ0n) is 10.3. The van der Waals surface area contributed by atoms with Gasteiger partial charge in [-0.05, 0) is 42.6 Å². The van der Waals surface area contributed by atoms with Crippen molar-refractivity contribution in [1.29, 1.82) is 0 Å². The van der Waals surface area contributed by atoms with Gasteiger partial charge in [-0.2, -0.15) is 0 Å². The Labute approximate surface area is 107 Å². The van der Waals surface area contributed by atoms with E-state index in [2.05, 4.69) is 40.2 Å². The van der Waals surface area contributed by atoms with Gasteiger partial charge in [0.15, 0.2) is 0 Å². The van der Waals surface area contributed by atoms with Gasteiger partial charge in [-0.3, -0.25) is 0 Å². The molecule has 0 unspecified atom stereocenters. The number of nitrogens with two attached hydrogens (primary N) is 1. The van der Waals surface area contributed by atoms with E-state index in [1.165, 1.54) is 16.8 Å². The molecule has 3 nitrogen and oxygen atoms in total. The van der Waals surface area contributed by atoms with Gasteiger partial charge in [-0.1, -0.05) is 24.3 Å². The van der Waals surface area contributed by atoms with Crippen LogP contribution in [0.25, 0.3) is 0 Å². The van der Waals surface area contributed by atoms with E-state index in [0.29, 0.717) is 6.54 Å². The molecule has 0 saturated heterocycles. The predicted octanol–water partition coefficient (Wildman–Crippen LogP) is 2.28. The number of hydrogen-bond acceptors (Lipinski definition) is 3. The van der Waals surface area contributed by atoms with E-state index in [4.69, 9.17) is 5.73 Å². The van der Waals surface area contributed by atoms with E-state index in [1.54, 1.807) is 0 Å². The molecule has 0 fully saturated rings. The first kappa shape index (κ1) is 11.2. The van der Waals surface area contributed by atoms with Crippen LogP contribution in [-0.2, 0) is 12.8 Å². The second-order valence-electron chi connectivity index (χ2n) is 4.56. The highest BCUT2D eigenvalue weighted by atomic mass is 15.2. The van der Waals surface area contributed by atoms with Crippen molar-refractivity contribution in [3.8, 4) is 0 Å². The number of nitrogens with zero attached hydrogens (tertiary/aromatic N) is 2. The number of rotatable bonds is 3. The summed E-state index contributed by atoms with van der Waals surface area (Å²) in [4.78, 5) is 6.85. The minimum Gasteiger partial charge on any atom is -0.330 e. The highest BCUT2D eigenvalue weighted by Crippen LogP contribution is 2.34. The minimum absolute atomic E-state index is 0.661. The van der Waals surface area contributed by atoms with Gasteiger partial charge >= 0.3 is 0 Å². The van der Waals surface area contributed by atoms with Crippen molar-refractivity contribution in [3.05, 3.63) is 53.7 Å². The molecule has 1 aliphatic heterocycles. The summed E-state index contributed by atoms with van der Waals surface area (Å²) < 4.78 is 0. The second kappa shape index (κ2) is 4.78. The molecule has 92 valence electrons. The molecule has 0 bridgehead atoms. The van der Waals surface area contributed by atoms with Crippen molar-refractivity contribution >= 4 is 11.5 Å². The van der Waals surface area contributed by atoms with Gasteiger partial charge in [0.25, 0.3) is 0 Å². The van der Waals surface area contributed by atoms with Crippen LogP contribution < -0.4 is 10.6 Å². The van der Waals surface area contributed by atoms with E-state index >= 15 is 0 Å². The topological polar surface area (TPSA) is 42.1 Å². The molecule has 1 aromatic carbocycles. The molecule has 3 heteroatoms. The highest BCUT2D eigenvalue weighted by Gasteiger charge is 2.22. The first-order chi connectivity index (χ1) is 8.90. The average Bonchev–Trinajstić information content (AvgIpc) is 2.84. The highest BCUT2D eigenvalue weighted by molar-refractivity contribution is 5.69. The summed E-state index contributed by atoms with van der Waals surface area (Å²) in [5.74, 6) is 1.06. The van der Waals surface area contributed by atoms with Crippen molar-refractivity contribution in [2.75, 3.05) is 18.0 Å². The normalized spacial score (nSPS) is 13.7. The van der Waals surface area contributed by atoms with Gasteiger partial charge in [0.1, 0.15) is 5.82 Å². The maximum absolute atomic E-state index is 5.68. The van der Waals surface area contributed by atoms with E-state index < -0.39 is 0 Å². The van der Waals surface area contributed by atoms with Gasteiger partial charge in [0.05, 0.1) is 0 Å². The molecule has 2 aromatic rings. The zero-order chi connectivity index (χ0) is 12.4. The molecule has 0 atom stereocenters. The number of aromatic nitrogens is 1. The Bertz CT molecular complexity index is 551. The van der Waals surface area contributed by atoms with Crippen LogP contribution in [0.5, 0.6) is 0 Å². The van der Waals surface area contributed by atoms with E-state index in [1.807, 2.05) is 12.3 Å². The molecule has 2 heterocycles. The van der Waals surface area contributed by atoms with E-state index in [0.717, 1.165) is 25.2 Å². The van der Waals surface area contributed by atoms with Crippen molar-refractivity contribution in [2.45, 2.75) is 12.8 Å². The molecule has 0 saturated carbocycles. The van der Waals surface area contributed by atoms with Gasteiger partial charge < -0.3 is 10.6 Å². The summed E-state index contributed by atoms with van der Waals surface area (Å²) in [6, 6.07) is 12.7. The first-order valence-electron chi connectivity index (χ1n) is 6.39. The van der Waals surface area contributed by atoms with Crippen molar-refractivity contribution in [2.24, 2.45) is 5.73 Å². The van der Waals surface area contributed by atoms with Crippen molar-refractivity contribution in [3.63, 3.8) is 0 Å². The summed E-state index contributed by atoms with van der Waals surface area (Å²) in [6.45, 7) is 1.67. The van der Waals surface area contributed by atoms with Crippen LogP contribution in [0.4, 0.5) is 11.5 Å². The fraction of sp³-hybridized carbons (Fsp3) is 0.267. The van der Waals surface area contributed by atoms with Crippen LogP contribution in [-0.4, -0.2) is 18.1 Å². The summed E-state index contributed by atoms with van der Waals surface area (Å²) in [7, 11) is 0. The Morgan fingerprint density at radius 3 is 2.94 bits per heavy atom. The lowest BCUT2D eigenvalue weighted by atomic mass is 10.1. The third-order valence-electron chi connectivity index (χ3n) is 3.42. The Kier molecular flexibility index (Phi) is 2.99.